The number of hydrogen-bond acceptors (Lipinski definition) is 2. The molecule has 2 N–H and O–H groups in total. The van der Waals surface area contributed by atoms with E-state index in [2.05, 4.69) is 52.0 Å². The quantitative estimate of drug-likeness (QED) is 0.928. The zero-order valence-electron chi connectivity index (χ0n) is 10.4. The van der Waals surface area contributed by atoms with Gasteiger partial charge >= 0.3 is 0 Å². The van der Waals surface area contributed by atoms with Crippen molar-refractivity contribution in [1.82, 2.24) is 4.90 Å². The Morgan fingerprint density at radius 1 is 1.41 bits per heavy atom. The minimum absolute atomic E-state index is 0.380. The van der Waals surface area contributed by atoms with E-state index in [1.165, 1.54) is 31.5 Å². The van der Waals surface area contributed by atoms with Gasteiger partial charge in [-0.05, 0) is 43.0 Å². The molecule has 0 radical (unpaired) electrons. The van der Waals surface area contributed by atoms with Gasteiger partial charge in [0.15, 0.2) is 0 Å². The third kappa shape index (κ3) is 3.30. The van der Waals surface area contributed by atoms with E-state index in [-0.39, 0.29) is 0 Å². The van der Waals surface area contributed by atoms with Crippen LogP contribution in [-0.4, -0.2) is 24.5 Å². The molecule has 3 heteroatoms. The van der Waals surface area contributed by atoms with Crippen LogP contribution in [0.25, 0.3) is 0 Å². The molecule has 94 valence electrons. The molecule has 17 heavy (non-hydrogen) atoms. The average molecular weight is 297 g/mol. The van der Waals surface area contributed by atoms with Gasteiger partial charge in [0, 0.05) is 23.6 Å². The number of hydrogen-bond donors (Lipinski definition) is 1. The van der Waals surface area contributed by atoms with E-state index in [4.69, 9.17) is 5.73 Å². The fourth-order valence-electron chi connectivity index (χ4n) is 2.69. The van der Waals surface area contributed by atoms with Crippen LogP contribution in [0.4, 0.5) is 0 Å². The lowest BCUT2D eigenvalue weighted by atomic mass is 9.96. The van der Waals surface area contributed by atoms with Gasteiger partial charge in [0.05, 0.1) is 0 Å². The van der Waals surface area contributed by atoms with Crippen LogP contribution in [0, 0.1) is 5.92 Å². The maximum Gasteiger partial charge on any atom is 0.0470 e. The Labute approximate surface area is 112 Å². The fraction of sp³-hybridized carbons (Fsp3) is 0.571. The summed E-state index contributed by atoms with van der Waals surface area (Å²) in [6.45, 7) is 5.40. The molecule has 1 saturated heterocycles. The van der Waals surface area contributed by atoms with Gasteiger partial charge in [-0.15, -0.1) is 0 Å². The molecule has 0 amide bonds. The smallest absolute Gasteiger partial charge is 0.0470 e. The van der Waals surface area contributed by atoms with Crippen LogP contribution in [0.2, 0.25) is 0 Å². The second kappa shape index (κ2) is 5.98. The Hall–Kier alpha value is -0.380. The van der Waals surface area contributed by atoms with E-state index in [0.717, 1.165) is 10.4 Å². The Morgan fingerprint density at radius 2 is 2.12 bits per heavy atom. The van der Waals surface area contributed by atoms with E-state index in [1.807, 2.05) is 0 Å². The van der Waals surface area contributed by atoms with Gasteiger partial charge in [0.1, 0.15) is 0 Å². The molecule has 0 unspecified atom stereocenters. The summed E-state index contributed by atoms with van der Waals surface area (Å²) in [6, 6.07) is 8.95. The predicted molar refractivity (Wildman–Crippen MR) is 75.9 cm³/mol. The molecule has 2 nitrogen and oxygen atoms in total. The molecule has 2 atom stereocenters. The van der Waals surface area contributed by atoms with Crippen molar-refractivity contribution < 1.29 is 0 Å². The first-order valence-corrected chi connectivity index (χ1v) is 7.19. The highest BCUT2D eigenvalue weighted by Gasteiger charge is 2.23. The van der Waals surface area contributed by atoms with Crippen LogP contribution in [0.5, 0.6) is 0 Å². The van der Waals surface area contributed by atoms with Gasteiger partial charge in [-0.2, -0.15) is 0 Å². The lowest BCUT2D eigenvalue weighted by molar-refractivity contribution is 0.133. The fourth-order valence-corrected chi connectivity index (χ4v) is 2.95. The summed E-state index contributed by atoms with van der Waals surface area (Å²) in [5.74, 6) is 0.799. The highest BCUT2D eigenvalue weighted by molar-refractivity contribution is 9.10. The number of likely N-dealkylation sites (tertiary alicyclic amines) is 1. The first-order chi connectivity index (χ1) is 8.20. The summed E-state index contributed by atoms with van der Waals surface area (Å²) < 4.78 is 1.13. The summed E-state index contributed by atoms with van der Waals surface area (Å²) in [4.78, 5) is 2.54. The molecule has 1 aliphatic heterocycles. The minimum Gasteiger partial charge on any atom is -0.329 e. The molecule has 0 bridgehead atoms. The lowest BCUT2D eigenvalue weighted by Gasteiger charge is -2.37. The standard InChI is InChI=1S/C14H21BrN2/c1-11-3-2-8-17(10-11)14(9-16)12-4-6-13(15)7-5-12/h4-7,11,14H,2-3,8-10,16H2,1H3/t11-,14+/m1/s1. The summed E-state index contributed by atoms with van der Waals surface area (Å²) >= 11 is 3.48. The molecular formula is C14H21BrN2. The van der Waals surface area contributed by atoms with Gasteiger partial charge in [-0.25, -0.2) is 0 Å². The highest BCUT2D eigenvalue weighted by atomic mass is 79.9. The molecule has 1 fully saturated rings. The lowest BCUT2D eigenvalue weighted by Crippen LogP contribution is -2.40. The second-order valence-electron chi connectivity index (χ2n) is 5.05. The van der Waals surface area contributed by atoms with Crippen LogP contribution in [0.3, 0.4) is 0 Å². The summed E-state index contributed by atoms with van der Waals surface area (Å²) in [7, 11) is 0. The maximum atomic E-state index is 5.97. The number of nitrogens with zero attached hydrogens (tertiary/aromatic N) is 1. The van der Waals surface area contributed by atoms with Crippen LogP contribution in [-0.2, 0) is 0 Å². The Bertz CT molecular complexity index is 350. The van der Waals surface area contributed by atoms with Crippen LogP contribution < -0.4 is 5.73 Å². The van der Waals surface area contributed by atoms with Crippen molar-refractivity contribution >= 4 is 15.9 Å². The molecule has 1 aliphatic rings. The van der Waals surface area contributed by atoms with Crippen molar-refractivity contribution in [1.29, 1.82) is 0 Å². The van der Waals surface area contributed by atoms with E-state index >= 15 is 0 Å². The molecule has 2 rings (SSSR count). The molecular weight excluding hydrogens is 276 g/mol. The molecule has 0 aliphatic carbocycles. The average Bonchev–Trinajstić information content (AvgIpc) is 2.33. The third-order valence-electron chi connectivity index (χ3n) is 3.61. The number of benzene rings is 1. The number of nitrogens with two attached hydrogens (primary N) is 1. The highest BCUT2D eigenvalue weighted by Crippen LogP contribution is 2.26. The van der Waals surface area contributed by atoms with E-state index in [9.17, 15) is 0 Å². The Balaban J connectivity index is 2.12. The predicted octanol–water partition coefficient (Wildman–Crippen LogP) is 3.18. The van der Waals surface area contributed by atoms with Crippen molar-refractivity contribution in [2.75, 3.05) is 19.6 Å². The second-order valence-corrected chi connectivity index (χ2v) is 5.96. The third-order valence-corrected chi connectivity index (χ3v) is 4.14. The van der Waals surface area contributed by atoms with Crippen LogP contribution >= 0.6 is 15.9 Å². The van der Waals surface area contributed by atoms with Crippen molar-refractivity contribution in [3.63, 3.8) is 0 Å². The molecule has 0 saturated carbocycles. The maximum absolute atomic E-state index is 5.97. The van der Waals surface area contributed by atoms with Gasteiger partial charge in [0.25, 0.3) is 0 Å². The molecule has 1 aromatic rings. The normalized spacial score (nSPS) is 23.6. The van der Waals surface area contributed by atoms with E-state index in [1.54, 1.807) is 0 Å². The van der Waals surface area contributed by atoms with E-state index < -0.39 is 0 Å². The Morgan fingerprint density at radius 3 is 2.71 bits per heavy atom. The summed E-state index contributed by atoms with van der Waals surface area (Å²) in [5.41, 5.74) is 7.30. The summed E-state index contributed by atoms with van der Waals surface area (Å²) in [6.07, 6.45) is 2.66. The van der Waals surface area contributed by atoms with Crippen LogP contribution in [0.1, 0.15) is 31.4 Å². The van der Waals surface area contributed by atoms with Crippen molar-refractivity contribution in [2.24, 2.45) is 11.7 Å². The SMILES string of the molecule is C[C@@H]1CCCN([C@@H](CN)c2ccc(Br)cc2)C1. The molecule has 0 spiro atoms. The number of rotatable bonds is 3. The number of halogens is 1. The van der Waals surface area contributed by atoms with Gasteiger partial charge in [0.2, 0.25) is 0 Å². The minimum atomic E-state index is 0.380. The van der Waals surface area contributed by atoms with Gasteiger partial charge < -0.3 is 5.73 Å². The largest absolute Gasteiger partial charge is 0.329 e. The van der Waals surface area contributed by atoms with Crippen molar-refractivity contribution in [2.45, 2.75) is 25.8 Å². The summed E-state index contributed by atoms with van der Waals surface area (Å²) in [5, 5.41) is 0. The van der Waals surface area contributed by atoms with Crippen LogP contribution in [0.15, 0.2) is 28.7 Å². The van der Waals surface area contributed by atoms with E-state index in [0.29, 0.717) is 12.6 Å². The monoisotopic (exact) mass is 296 g/mol. The Kier molecular flexibility index (Phi) is 4.60. The van der Waals surface area contributed by atoms with Crippen molar-refractivity contribution in [3.8, 4) is 0 Å². The van der Waals surface area contributed by atoms with Crippen molar-refractivity contribution in [3.05, 3.63) is 34.3 Å². The zero-order valence-corrected chi connectivity index (χ0v) is 12.0. The molecule has 1 heterocycles. The first-order valence-electron chi connectivity index (χ1n) is 6.40. The number of piperidine rings is 1. The topological polar surface area (TPSA) is 29.3 Å². The first kappa shape index (κ1) is 13.1. The van der Waals surface area contributed by atoms with Gasteiger partial charge in [-0.1, -0.05) is 35.0 Å². The van der Waals surface area contributed by atoms with Gasteiger partial charge in [-0.3, -0.25) is 4.90 Å². The zero-order chi connectivity index (χ0) is 12.3. The molecule has 0 aromatic heterocycles. The molecule has 1 aromatic carbocycles.